The zero-order valence-electron chi connectivity index (χ0n) is 15.9. The molecule has 2 saturated heterocycles. The molecular formula is C19H30N3O3S+. The highest BCUT2D eigenvalue weighted by molar-refractivity contribution is 7.89. The molecule has 7 heteroatoms. The summed E-state index contributed by atoms with van der Waals surface area (Å²) in [4.78, 5) is 16.4. The van der Waals surface area contributed by atoms with Gasteiger partial charge in [-0.05, 0) is 57.4 Å². The van der Waals surface area contributed by atoms with E-state index in [1.807, 2.05) is 4.90 Å². The summed E-state index contributed by atoms with van der Waals surface area (Å²) < 4.78 is 27.2. The molecule has 2 aliphatic rings. The molecule has 6 nitrogen and oxygen atoms in total. The summed E-state index contributed by atoms with van der Waals surface area (Å²) in [6.45, 7) is 6.89. The monoisotopic (exact) mass is 380 g/mol. The fourth-order valence-corrected chi connectivity index (χ4v) is 5.44. The number of quaternary nitrogens is 1. The molecule has 3 rings (SSSR count). The molecule has 0 bridgehead atoms. The minimum absolute atomic E-state index is 0.00292. The van der Waals surface area contributed by atoms with E-state index in [1.54, 1.807) is 28.6 Å². The first-order chi connectivity index (χ1) is 12.3. The van der Waals surface area contributed by atoms with Crippen LogP contribution in [0.2, 0.25) is 0 Å². The zero-order valence-corrected chi connectivity index (χ0v) is 16.8. The Balaban J connectivity index is 1.76. The van der Waals surface area contributed by atoms with Crippen molar-refractivity contribution in [1.29, 1.82) is 0 Å². The second-order valence-corrected chi connectivity index (χ2v) is 9.66. The Hall–Kier alpha value is -1.44. The van der Waals surface area contributed by atoms with Crippen LogP contribution in [-0.4, -0.2) is 68.8 Å². The average Bonchev–Trinajstić information content (AvgIpc) is 2.62. The van der Waals surface area contributed by atoms with Crippen molar-refractivity contribution in [1.82, 2.24) is 9.21 Å². The number of nitrogens with zero attached hydrogens (tertiary/aromatic N) is 2. The first-order valence-electron chi connectivity index (χ1n) is 9.55. The molecule has 0 spiro atoms. The van der Waals surface area contributed by atoms with Gasteiger partial charge in [-0.2, -0.15) is 4.31 Å². The zero-order chi connectivity index (χ0) is 18.9. The van der Waals surface area contributed by atoms with Gasteiger partial charge in [0, 0.05) is 17.6 Å². The Labute approximate surface area is 156 Å². The van der Waals surface area contributed by atoms with Crippen LogP contribution in [0.3, 0.4) is 0 Å². The number of likely N-dealkylation sites (tertiary alicyclic amines) is 1. The van der Waals surface area contributed by atoms with Gasteiger partial charge in [-0.1, -0.05) is 0 Å². The topological polar surface area (TPSA) is 62.1 Å². The van der Waals surface area contributed by atoms with E-state index in [2.05, 4.69) is 20.9 Å². The van der Waals surface area contributed by atoms with Gasteiger partial charge in [-0.15, -0.1) is 0 Å². The average molecular weight is 381 g/mol. The van der Waals surface area contributed by atoms with Gasteiger partial charge in [-0.3, -0.25) is 4.79 Å². The first kappa shape index (κ1) is 19.3. The molecule has 0 saturated carbocycles. The minimum Gasteiger partial charge on any atom is -0.335 e. The van der Waals surface area contributed by atoms with Crippen molar-refractivity contribution in [2.75, 3.05) is 33.2 Å². The number of likely N-dealkylation sites (N-methyl/N-ethyl adjacent to an activating group) is 1. The molecule has 1 aromatic carbocycles. The van der Waals surface area contributed by atoms with Crippen molar-refractivity contribution < 1.29 is 18.1 Å². The molecule has 0 radical (unpaired) electrons. The van der Waals surface area contributed by atoms with E-state index < -0.39 is 10.0 Å². The SMILES string of the molecule is C[C@H]1CCC[C@H](C)N1C(=O)c1ccc(S(=O)(=O)N2CC[NH+](C)CC2)cc1. The number of nitrogens with one attached hydrogen (secondary N) is 1. The lowest BCUT2D eigenvalue weighted by molar-refractivity contribution is -0.883. The summed E-state index contributed by atoms with van der Waals surface area (Å²) in [5.74, 6) is -0.00292. The maximum atomic E-state index is 12.9. The standard InChI is InChI=1S/C19H29N3O3S/c1-15-5-4-6-16(2)22(15)19(23)17-7-9-18(10-8-17)26(24,25)21-13-11-20(3)12-14-21/h7-10,15-16H,4-6,11-14H2,1-3H3/p+1/t15-,16-/m0/s1. The van der Waals surface area contributed by atoms with E-state index in [-0.39, 0.29) is 22.9 Å². The van der Waals surface area contributed by atoms with Crippen molar-refractivity contribution >= 4 is 15.9 Å². The second kappa shape index (κ2) is 7.66. The van der Waals surface area contributed by atoms with Crippen molar-refractivity contribution in [3.8, 4) is 0 Å². The normalized spacial score (nSPS) is 26.0. The molecule has 1 amide bonds. The Morgan fingerprint density at radius 1 is 1.04 bits per heavy atom. The smallest absolute Gasteiger partial charge is 0.254 e. The molecule has 2 fully saturated rings. The number of benzene rings is 1. The van der Waals surface area contributed by atoms with Crippen LogP contribution < -0.4 is 4.90 Å². The molecule has 1 N–H and O–H groups in total. The Morgan fingerprint density at radius 3 is 2.12 bits per heavy atom. The summed E-state index contributed by atoms with van der Waals surface area (Å²) in [6.07, 6.45) is 3.19. The third-order valence-electron chi connectivity index (χ3n) is 5.74. The van der Waals surface area contributed by atoms with Gasteiger partial charge in [0.15, 0.2) is 0 Å². The predicted octanol–water partition coefficient (Wildman–Crippen LogP) is 0.609. The van der Waals surface area contributed by atoms with Gasteiger partial charge in [-0.25, -0.2) is 8.42 Å². The van der Waals surface area contributed by atoms with Crippen LogP contribution in [0.1, 0.15) is 43.5 Å². The van der Waals surface area contributed by atoms with Gasteiger partial charge in [0.2, 0.25) is 10.0 Å². The van der Waals surface area contributed by atoms with Crippen LogP contribution >= 0.6 is 0 Å². The molecule has 0 unspecified atom stereocenters. The summed E-state index contributed by atoms with van der Waals surface area (Å²) in [6, 6.07) is 6.92. The largest absolute Gasteiger partial charge is 0.335 e. The van der Waals surface area contributed by atoms with Gasteiger partial charge in [0.05, 0.1) is 38.1 Å². The minimum atomic E-state index is -3.48. The number of carbonyl (C=O) groups is 1. The number of piperidine rings is 1. The number of sulfonamides is 1. The molecule has 0 aromatic heterocycles. The van der Waals surface area contributed by atoms with E-state index in [9.17, 15) is 13.2 Å². The molecule has 2 aliphatic heterocycles. The third-order valence-corrected chi connectivity index (χ3v) is 7.66. The summed E-state index contributed by atoms with van der Waals surface area (Å²) in [5, 5.41) is 0. The molecule has 2 heterocycles. The van der Waals surface area contributed by atoms with Crippen molar-refractivity contribution in [2.24, 2.45) is 0 Å². The quantitative estimate of drug-likeness (QED) is 0.836. The lowest BCUT2D eigenvalue weighted by atomic mass is 9.96. The Bertz CT molecular complexity index is 730. The van der Waals surface area contributed by atoms with Crippen LogP contribution in [0.5, 0.6) is 0 Å². The highest BCUT2D eigenvalue weighted by atomic mass is 32.2. The first-order valence-corrected chi connectivity index (χ1v) is 11.0. The molecule has 2 atom stereocenters. The fraction of sp³-hybridized carbons (Fsp3) is 0.632. The molecule has 144 valence electrons. The van der Waals surface area contributed by atoms with Gasteiger partial charge in [0.25, 0.3) is 5.91 Å². The molecule has 1 aromatic rings. The number of carbonyl (C=O) groups excluding carboxylic acids is 1. The predicted molar refractivity (Wildman–Crippen MR) is 101 cm³/mol. The van der Waals surface area contributed by atoms with E-state index in [4.69, 9.17) is 0 Å². The number of rotatable bonds is 3. The Kier molecular flexibility index (Phi) is 5.69. The number of amides is 1. The molecule has 26 heavy (non-hydrogen) atoms. The van der Waals surface area contributed by atoms with Crippen LogP contribution in [-0.2, 0) is 10.0 Å². The van der Waals surface area contributed by atoms with Crippen LogP contribution in [0, 0.1) is 0 Å². The second-order valence-electron chi connectivity index (χ2n) is 7.73. The van der Waals surface area contributed by atoms with Crippen molar-refractivity contribution in [3.63, 3.8) is 0 Å². The van der Waals surface area contributed by atoms with Gasteiger partial charge in [0.1, 0.15) is 0 Å². The van der Waals surface area contributed by atoms with Crippen molar-refractivity contribution in [2.45, 2.75) is 50.1 Å². The number of piperazine rings is 1. The highest BCUT2D eigenvalue weighted by Crippen LogP contribution is 2.25. The third kappa shape index (κ3) is 3.80. The summed E-state index contributed by atoms with van der Waals surface area (Å²) in [5.41, 5.74) is 0.562. The van der Waals surface area contributed by atoms with E-state index in [1.165, 1.54) is 4.90 Å². The maximum Gasteiger partial charge on any atom is 0.254 e. The Morgan fingerprint density at radius 2 is 1.58 bits per heavy atom. The lowest BCUT2D eigenvalue weighted by Gasteiger charge is -2.39. The van der Waals surface area contributed by atoms with Crippen LogP contribution in [0.15, 0.2) is 29.2 Å². The van der Waals surface area contributed by atoms with E-state index >= 15 is 0 Å². The van der Waals surface area contributed by atoms with Crippen LogP contribution in [0.4, 0.5) is 0 Å². The number of hydrogen-bond acceptors (Lipinski definition) is 3. The summed E-state index contributed by atoms with van der Waals surface area (Å²) in [7, 11) is -1.40. The van der Waals surface area contributed by atoms with Gasteiger partial charge >= 0.3 is 0 Å². The fourth-order valence-electron chi connectivity index (χ4n) is 4.00. The molecule has 0 aliphatic carbocycles. The lowest BCUT2D eigenvalue weighted by Crippen LogP contribution is -3.12. The van der Waals surface area contributed by atoms with Gasteiger partial charge < -0.3 is 9.80 Å². The van der Waals surface area contributed by atoms with E-state index in [0.29, 0.717) is 18.7 Å². The number of hydrogen-bond donors (Lipinski definition) is 1. The maximum absolute atomic E-state index is 12.9. The van der Waals surface area contributed by atoms with Crippen molar-refractivity contribution in [3.05, 3.63) is 29.8 Å². The highest BCUT2D eigenvalue weighted by Gasteiger charge is 2.31. The molecular weight excluding hydrogens is 350 g/mol. The summed E-state index contributed by atoms with van der Waals surface area (Å²) >= 11 is 0. The van der Waals surface area contributed by atoms with E-state index in [0.717, 1.165) is 32.4 Å². The van der Waals surface area contributed by atoms with Crippen LogP contribution in [0.25, 0.3) is 0 Å².